The minimum Gasteiger partial charge on any atom is -0.496 e. The zero-order valence-electron chi connectivity index (χ0n) is 8.79. The topological polar surface area (TPSA) is 61.3 Å². The number of hydrogen-bond donors (Lipinski definition) is 2. The maximum absolute atomic E-state index is 5.70. The largest absolute Gasteiger partial charge is 0.496 e. The molecule has 4 N–H and O–H groups in total. The van der Waals surface area contributed by atoms with Crippen molar-refractivity contribution in [3.63, 3.8) is 0 Å². The second kappa shape index (κ2) is 4.86. The Hall–Kier alpha value is -1.22. The molecule has 0 bridgehead atoms. The molecule has 78 valence electrons. The molecule has 3 nitrogen and oxygen atoms in total. The van der Waals surface area contributed by atoms with Gasteiger partial charge < -0.3 is 16.2 Å². The first-order valence-corrected chi connectivity index (χ1v) is 4.81. The maximum atomic E-state index is 5.70. The number of methoxy groups -OCH3 is 1. The second-order valence-corrected chi connectivity index (χ2v) is 3.59. The Morgan fingerprint density at radius 3 is 2.71 bits per heavy atom. The van der Waals surface area contributed by atoms with Crippen molar-refractivity contribution in [3.8, 4) is 5.75 Å². The summed E-state index contributed by atoms with van der Waals surface area (Å²) in [6.45, 7) is 2.00. The Morgan fingerprint density at radius 2 is 2.14 bits per heavy atom. The summed E-state index contributed by atoms with van der Waals surface area (Å²) in [5.74, 6) is 0.889. The normalized spacial score (nSPS) is 12.5. The molecule has 0 saturated heterocycles. The fourth-order valence-electron chi connectivity index (χ4n) is 1.38. The predicted octanol–water partition coefficient (Wildman–Crippen LogP) is 1.56. The van der Waals surface area contributed by atoms with E-state index < -0.39 is 0 Å². The van der Waals surface area contributed by atoms with Crippen LogP contribution >= 0.6 is 0 Å². The minimum atomic E-state index is 0.209. The zero-order valence-corrected chi connectivity index (χ0v) is 8.79. The van der Waals surface area contributed by atoms with Crippen LogP contribution in [0.15, 0.2) is 18.2 Å². The third kappa shape index (κ3) is 2.92. The minimum absolute atomic E-state index is 0.209. The van der Waals surface area contributed by atoms with E-state index in [1.807, 2.05) is 25.1 Å². The van der Waals surface area contributed by atoms with Gasteiger partial charge in [-0.3, -0.25) is 0 Å². The van der Waals surface area contributed by atoms with Gasteiger partial charge in [-0.15, -0.1) is 0 Å². The number of hydrogen-bond acceptors (Lipinski definition) is 3. The zero-order chi connectivity index (χ0) is 10.6. The molecule has 0 saturated carbocycles. The molecule has 3 heteroatoms. The number of anilines is 1. The SMILES string of the molecule is COc1ccc(N)cc1CCC(C)N. The van der Waals surface area contributed by atoms with Gasteiger partial charge in [0.25, 0.3) is 0 Å². The van der Waals surface area contributed by atoms with Crippen molar-refractivity contribution < 1.29 is 4.74 Å². The van der Waals surface area contributed by atoms with Crippen LogP contribution in [0.2, 0.25) is 0 Å². The summed E-state index contributed by atoms with van der Waals surface area (Å²) in [7, 11) is 1.67. The molecular formula is C11H18N2O. The number of ether oxygens (including phenoxy) is 1. The molecule has 0 amide bonds. The van der Waals surface area contributed by atoms with Crippen LogP contribution in [0.25, 0.3) is 0 Å². The summed E-state index contributed by atoms with van der Waals surface area (Å²) in [6.07, 6.45) is 1.85. The summed E-state index contributed by atoms with van der Waals surface area (Å²) in [5.41, 5.74) is 13.3. The average molecular weight is 194 g/mol. The fourth-order valence-corrected chi connectivity index (χ4v) is 1.38. The lowest BCUT2D eigenvalue weighted by atomic mass is 10.0. The lowest BCUT2D eigenvalue weighted by molar-refractivity contribution is 0.408. The van der Waals surface area contributed by atoms with E-state index in [0.29, 0.717) is 0 Å². The molecule has 0 aliphatic carbocycles. The summed E-state index contributed by atoms with van der Waals surface area (Å²) >= 11 is 0. The number of aryl methyl sites for hydroxylation is 1. The predicted molar refractivity (Wildman–Crippen MR) is 59.4 cm³/mol. The molecule has 1 unspecified atom stereocenters. The van der Waals surface area contributed by atoms with Gasteiger partial charge in [-0.1, -0.05) is 0 Å². The number of nitrogens with two attached hydrogens (primary N) is 2. The van der Waals surface area contributed by atoms with E-state index in [0.717, 1.165) is 29.8 Å². The Balaban J connectivity index is 2.77. The van der Waals surface area contributed by atoms with Gasteiger partial charge in [0.2, 0.25) is 0 Å². The summed E-state index contributed by atoms with van der Waals surface area (Å²) < 4.78 is 5.24. The molecule has 0 heterocycles. The van der Waals surface area contributed by atoms with E-state index in [-0.39, 0.29) is 6.04 Å². The molecule has 0 aromatic heterocycles. The highest BCUT2D eigenvalue weighted by atomic mass is 16.5. The summed E-state index contributed by atoms with van der Waals surface area (Å²) in [4.78, 5) is 0. The molecule has 1 aromatic carbocycles. The van der Waals surface area contributed by atoms with Gasteiger partial charge in [0, 0.05) is 11.7 Å². The second-order valence-electron chi connectivity index (χ2n) is 3.59. The van der Waals surface area contributed by atoms with Crippen LogP contribution < -0.4 is 16.2 Å². The van der Waals surface area contributed by atoms with Crippen molar-refractivity contribution in [3.05, 3.63) is 23.8 Å². The number of nitrogen functional groups attached to an aromatic ring is 1. The standard InChI is InChI=1S/C11H18N2O/c1-8(12)3-4-9-7-10(13)5-6-11(9)14-2/h5-8H,3-4,12-13H2,1-2H3. The average Bonchev–Trinajstić information content (AvgIpc) is 2.15. The Morgan fingerprint density at radius 1 is 1.43 bits per heavy atom. The first-order valence-electron chi connectivity index (χ1n) is 4.81. The molecule has 0 radical (unpaired) electrons. The highest BCUT2D eigenvalue weighted by Gasteiger charge is 2.04. The first-order chi connectivity index (χ1) is 6.63. The van der Waals surface area contributed by atoms with Crippen molar-refractivity contribution in [2.75, 3.05) is 12.8 Å². The third-order valence-corrected chi connectivity index (χ3v) is 2.17. The number of rotatable bonds is 4. The maximum Gasteiger partial charge on any atom is 0.122 e. The Kier molecular flexibility index (Phi) is 3.77. The van der Waals surface area contributed by atoms with E-state index in [1.165, 1.54) is 0 Å². The quantitative estimate of drug-likeness (QED) is 0.715. The van der Waals surface area contributed by atoms with Gasteiger partial charge in [-0.2, -0.15) is 0 Å². The van der Waals surface area contributed by atoms with Crippen LogP contribution in [0.1, 0.15) is 18.9 Å². The molecule has 1 rings (SSSR count). The molecular weight excluding hydrogens is 176 g/mol. The van der Waals surface area contributed by atoms with E-state index in [4.69, 9.17) is 16.2 Å². The van der Waals surface area contributed by atoms with Crippen molar-refractivity contribution in [1.82, 2.24) is 0 Å². The van der Waals surface area contributed by atoms with Gasteiger partial charge in [-0.25, -0.2) is 0 Å². The van der Waals surface area contributed by atoms with Crippen molar-refractivity contribution >= 4 is 5.69 Å². The van der Waals surface area contributed by atoms with E-state index in [9.17, 15) is 0 Å². The lowest BCUT2D eigenvalue weighted by Crippen LogP contribution is -2.15. The smallest absolute Gasteiger partial charge is 0.122 e. The fraction of sp³-hybridized carbons (Fsp3) is 0.455. The summed E-state index contributed by atoms with van der Waals surface area (Å²) in [5, 5.41) is 0. The van der Waals surface area contributed by atoms with E-state index in [1.54, 1.807) is 7.11 Å². The monoisotopic (exact) mass is 194 g/mol. The van der Waals surface area contributed by atoms with Crippen LogP contribution in [-0.4, -0.2) is 13.2 Å². The molecule has 1 atom stereocenters. The summed E-state index contributed by atoms with van der Waals surface area (Å²) in [6, 6.07) is 5.89. The van der Waals surface area contributed by atoms with Crippen LogP contribution in [0.4, 0.5) is 5.69 Å². The van der Waals surface area contributed by atoms with Gasteiger partial charge in [0.1, 0.15) is 5.75 Å². The first kappa shape index (κ1) is 10.9. The molecule has 0 spiro atoms. The lowest BCUT2D eigenvalue weighted by Gasteiger charge is -2.10. The molecule has 0 aliphatic rings. The van der Waals surface area contributed by atoms with Gasteiger partial charge >= 0.3 is 0 Å². The Labute approximate surface area is 85.0 Å². The van der Waals surface area contributed by atoms with Crippen LogP contribution in [0.3, 0.4) is 0 Å². The Bertz CT molecular complexity index is 297. The van der Waals surface area contributed by atoms with Gasteiger partial charge in [0.15, 0.2) is 0 Å². The van der Waals surface area contributed by atoms with Crippen molar-refractivity contribution in [2.24, 2.45) is 5.73 Å². The molecule has 14 heavy (non-hydrogen) atoms. The molecule has 0 fully saturated rings. The van der Waals surface area contributed by atoms with E-state index in [2.05, 4.69) is 0 Å². The third-order valence-electron chi connectivity index (χ3n) is 2.17. The van der Waals surface area contributed by atoms with Crippen molar-refractivity contribution in [1.29, 1.82) is 0 Å². The van der Waals surface area contributed by atoms with Crippen LogP contribution in [0.5, 0.6) is 5.75 Å². The van der Waals surface area contributed by atoms with E-state index >= 15 is 0 Å². The van der Waals surface area contributed by atoms with Gasteiger partial charge in [-0.05, 0) is 43.5 Å². The van der Waals surface area contributed by atoms with Crippen molar-refractivity contribution in [2.45, 2.75) is 25.8 Å². The highest BCUT2D eigenvalue weighted by molar-refractivity contribution is 5.47. The van der Waals surface area contributed by atoms with Gasteiger partial charge in [0.05, 0.1) is 7.11 Å². The van der Waals surface area contributed by atoms with Crippen LogP contribution in [0, 0.1) is 0 Å². The molecule has 1 aromatic rings. The van der Waals surface area contributed by atoms with Crippen LogP contribution in [-0.2, 0) is 6.42 Å². The molecule has 0 aliphatic heterocycles. The highest BCUT2D eigenvalue weighted by Crippen LogP contribution is 2.22. The number of benzene rings is 1.